The predicted octanol–water partition coefficient (Wildman–Crippen LogP) is 5.46. The van der Waals surface area contributed by atoms with Gasteiger partial charge < -0.3 is 0 Å². The quantitative estimate of drug-likeness (QED) is 0.644. The number of aryl methyl sites for hydroxylation is 1. The summed E-state index contributed by atoms with van der Waals surface area (Å²) in [7, 11) is 0. The Kier molecular flexibility index (Phi) is 4.41. The third-order valence-electron chi connectivity index (χ3n) is 4.29. The van der Waals surface area contributed by atoms with Crippen LogP contribution in [0.25, 0.3) is 17.1 Å². The van der Waals surface area contributed by atoms with Crippen molar-refractivity contribution in [3.05, 3.63) is 64.4 Å². The van der Waals surface area contributed by atoms with Crippen LogP contribution in [0.5, 0.6) is 0 Å². The number of nitrogens with one attached hydrogen (secondary N) is 1. The minimum Gasteiger partial charge on any atom is -0.268 e. The van der Waals surface area contributed by atoms with Crippen molar-refractivity contribution in [3.63, 3.8) is 0 Å². The van der Waals surface area contributed by atoms with E-state index in [-0.39, 0.29) is 5.41 Å². The van der Waals surface area contributed by atoms with E-state index in [0.29, 0.717) is 4.77 Å². The molecule has 1 heterocycles. The molecule has 0 unspecified atom stereocenters. The molecule has 0 saturated carbocycles. The van der Waals surface area contributed by atoms with E-state index in [2.05, 4.69) is 80.4 Å². The van der Waals surface area contributed by atoms with Crippen LogP contribution in [-0.4, -0.2) is 14.8 Å². The second-order valence-corrected chi connectivity index (χ2v) is 7.38. The molecule has 0 aliphatic heterocycles. The lowest BCUT2D eigenvalue weighted by molar-refractivity contribution is 0.590. The first-order chi connectivity index (χ1) is 11.4. The van der Waals surface area contributed by atoms with Crippen LogP contribution in [0.15, 0.2) is 48.5 Å². The molecule has 3 aromatic rings. The Bertz CT molecular complexity index is 896. The molecule has 0 saturated heterocycles. The van der Waals surface area contributed by atoms with Crippen LogP contribution in [0.1, 0.15) is 38.8 Å². The molecule has 3 nitrogen and oxygen atoms in total. The number of hydrogen-bond acceptors (Lipinski definition) is 2. The summed E-state index contributed by atoms with van der Waals surface area (Å²) in [6, 6.07) is 16.9. The van der Waals surface area contributed by atoms with Gasteiger partial charge in [0, 0.05) is 5.56 Å². The minimum atomic E-state index is 0.137. The average Bonchev–Trinajstić information content (AvgIpc) is 2.95. The molecule has 0 fully saturated rings. The molecule has 0 spiro atoms. The number of benzene rings is 2. The highest BCUT2D eigenvalue weighted by Crippen LogP contribution is 2.27. The van der Waals surface area contributed by atoms with Gasteiger partial charge in [0.25, 0.3) is 0 Å². The van der Waals surface area contributed by atoms with E-state index in [1.807, 2.05) is 10.6 Å². The summed E-state index contributed by atoms with van der Waals surface area (Å²) >= 11 is 5.49. The zero-order chi connectivity index (χ0) is 17.3. The van der Waals surface area contributed by atoms with Crippen LogP contribution in [0, 0.1) is 4.77 Å². The van der Waals surface area contributed by atoms with Crippen LogP contribution in [-0.2, 0) is 11.8 Å². The van der Waals surface area contributed by atoms with E-state index in [0.717, 1.165) is 23.5 Å². The molecule has 4 heteroatoms. The standard InChI is InChI=1S/C20H23N3S/c1-5-14-8-6-7-9-17(14)23-18(21-22-19(23)24)15-10-12-16(13-11-15)20(2,3)4/h6-13H,5H2,1-4H3,(H,22,24). The molecule has 0 radical (unpaired) electrons. The SMILES string of the molecule is CCc1ccccc1-n1c(-c2ccc(C(C)(C)C)cc2)n[nH]c1=S. The largest absolute Gasteiger partial charge is 0.268 e. The number of H-pyrrole nitrogens is 1. The highest BCUT2D eigenvalue weighted by molar-refractivity contribution is 7.71. The molecular weight excluding hydrogens is 314 g/mol. The molecule has 0 bridgehead atoms. The maximum atomic E-state index is 5.49. The lowest BCUT2D eigenvalue weighted by Crippen LogP contribution is -2.10. The van der Waals surface area contributed by atoms with Crippen molar-refractivity contribution < 1.29 is 0 Å². The van der Waals surface area contributed by atoms with Gasteiger partial charge in [-0.2, -0.15) is 5.10 Å². The molecule has 0 amide bonds. The van der Waals surface area contributed by atoms with Gasteiger partial charge in [-0.25, -0.2) is 0 Å². The molecular formula is C20H23N3S. The molecule has 0 aliphatic carbocycles. The van der Waals surface area contributed by atoms with Gasteiger partial charge in [-0.15, -0.1) is 0 Å². The number of aromatic nitrogens is 3. The van der Waals surface area contributed by atoms with Crippen molar-refractivity contribution in [2.75, 3.05) is 0 Å². The van der Waals surface area contributed by atoms with E-state index in [4.69, 9.17) is 12.2 Å². The first kappa shape index (κ1) is 16.7. The Morgan fingerprint density at radius 3 is 2.33 bits per heavy atom. The van der Waals surface area contributed by atoms with Gasteiger partial charge in [-0.1, -0.05) is 70.2 Å². The van der Waals surface area contributed by atoms with Crippen molar-refractivity contribution in [1.29, 1.82) is 0 Å². The Hall–Kier alpha value is -2.20. The number of nitrogens with zero attached hydrogens (tertiary/aromatic N) is 2. The number of aromatic amines is 1. The first-order valence-corrected chi connectivity index (χ1v) is 8.69. The molecule has 24 heavy (non-hydrogen) atoms. The molecule has 0 aliphatic rings. The Morgan fingerprint density at radius 1 is 1.04 bits per heavy atom. The summed E-state index contributed by atoms with van der Waals surface area (Å²) in [5.74, 6) is 0.848. The third-order valence-corrected chi connectivity index (χ3v) is 4.57. The van der Waals surface area contributed by atoms with Gasteiger partial charge in [0.2, 0.25) is 0 Å². The molecule has 0 atom stereocenters. The third kappa shape index (κ3) is 3.06. The van der Waals surface area contributed by atoms with E-state index in [1.54, 1.807) is 0 Å². The fourth-order valence-electron chi connectivity index (χ4n) is 2.86. The first-order valence-electron chi connectivity index (χ1n) is 8.28. The van der Waals surface area contributed by atoms with E-state index in [9.17, 15) is 0 Å². The van der Waals surface area contributed by atoms with Crippen molar-refractivity contribution in [2.24, 2.45) is 0 Å². The fraction of sp³-hybridized carbons (Fsp3) is 0.300. The molecule has 124 valence electrons. The van der Waals surface area contributed by atoms with Crippen LogP contribution in [0.3, 0.4) is 0 Å². The highest BCUT2D eigenvalue weighted by atomic mass is 32.1. The Labute approximate surface area is 148 Å². The summed E-state index contributed by atoms with van der Waals surface area (Å²) in [5, 5.41) is 7.42. The smallest absolute Gasteiger partial charge is 0.200 e. The number of rotatable bonds is 3. The average molecular weight is 337 g/mol. The van der Waals surface area contributed by atoms with E-state index < -0.39 is 0 Å². The van der Waals surface area contributed by atoms with E-state index >= 15 is 0 Å². The molecule has 3 rings (SSSR count). The zero-order valence-corrected chi connectivity index (χ0v) is 15.4. The second-order valence-electron chi connectivity index (χ2n) is 7.00. The van der Waals surface area contributed by atoms with Crippen LogP contribution < -0.4 is 0 Å². The summed E-state index contributed by atoms with van der Waals surface area (Å²) in [5.41, 5.74) is 4.84. The second kappa shape index (κ2) is 6.36. The van der Waals surface area contributed by atoms with Gasteiger partial charge in [-0.3, -0.25) is 9.67 Å². The summed E-state index contributed by atoms with van der Waals surface area (Å²) in [4.78, 5) is 0. The number of para-hydroxylation sites is 1. The van der Waals surface area contributed by atoms with Gasteiger partial charge in [-0.05, 0) is 41.2 Å². The highest BCUT2D eigenvalue weighted by Gasteiger charge is 2.16. The summed E-state index contributed by atoms with van der Waals surface area (Å²) in [6.45, 7) is 8.81. The van der Waals surface area contributed by atoms with Gasteiger partial charge >= 0.3 is 0 Å². The molecule has 2 aromatic carbocycles. The molecule has 1 N–H and O–H groups in total. The van der Waals surface area contributed by atoms with E-state index in [1.165, 1.54) is 11.1 Å². The fourth-order valence-corrected chi connectivity index (χ4v) is 3.09. The number of hydrogen-bond donors (Lipinski definition) is 1. The van der Waals surface area contributed by atoms with Crippen LogP contribution in [0.4, 0.5) is 0 Å². The monoisotopic (exact) mass is 337 g/mol. The normalized spacial score (nSPS) is 11.7. The van der Waals surface area contributed by atoms with Crippen molar-refractivity contribution in [1.82, 2.24) is 14.8 Å². The topological polar surface area (TPSA) is 33.6 Å². The molecule has 1 aromatic heterocycles. The summed E-state index contributed by atoms with van der Waals surface area (Å²) < 4.78 is 2.64. The van der Waals surface area contributed by atoms with Crippen molar-refractivity contribution >= 4 is 12.2 Å². The van der Waals surface area contributed by atoms with Crippen molar-refractivity contribution in [3.8, 4) is 17.1 Å². The van der Waals surface area contributed by atoms with Crippen LogP contribution >= 0.6 is 12.2 Å². The predicted molar refractivity (Wildman–Crippen MR) is 102 cm³/mol. The lowest BCUT2D eigenvalue weighted by Gasteiger charge is -2.19. The maximum absolute atomic E-state index is 5.49. The Balaban J connectivity index is 2.13. The van der Waals surface area contributed by atoms with Crippen LogP contribution in [0.2, 0.25) is 0 Å². The Morgan fingerprint density at radius 2 is 1.71 bits per heavy atom. The van der Waals surface area contributed by atoms with Gasteiger partial charge in [0.1, 0.15) is 0 Å². The summed E-state index contributed by atoms with van der Waals surface area (Å²) in [6.07, 6.45) is 0.950. The van der Waals surface area contributed by atoms with Crippen molar-refractivity contribution in [2.45, 2.75) is 39.5 Å². The minimum absolute atomic E-state index is 0.137. The zero-order valence-electron chi connectivity index (χ0n) is 14.6. The lowest BCUT2D eigenvalue weighted by atomic mass is 9.86. The van der Waals surface area contributed by atoms with Gasteiger partial charge in [0.15, 0.2) is 10.6 Å². The maximum Gasteiger partial charge on any atom is 0.200 e. The van der Waals surface area contributed by atoms with Gasteiger partial charge in [0.05, 0.1) is 5.69 Å².